The summed E-state index contributed by atoms with van der Waals surface area (Å²) in [5.74, 6) is -0.426. The molecule has 0 aliphatic heterocycles. The highest BCUT2D eigenvalue weighted by Crippen LogP contribution is 2.00. The summed E-state index contributed by atoms with van der Waals surface area (Å²) in [6, 6.07) is 0.994. The van der Waals surface area contributed by atoms with Crippen LogP contribution in [0.25, 0.3) is 0 Å². The van der Waals surface area contributed by atoms with Crippen LogP contribution < -0.4 is 0 Å². The molecule has 6 nitrogen and oxygen atoms in total. The molecule has 0 atom stereocenters. The SMILES string of the molecule is CC=CC(=O)OCCC[SiH2]C(OCCOC)OCCOC. The second kappa shape index (κ2) is 15.7. The molecule has 0 fully saturated rings. The van der Waals surface area contributed by atoms with Gasteiger partial charge in [-0.15, -0.1) is 0 Å². The van der Waals surface area contributed by atoms with E-state index in [0.29, 0.717) is 33.0 Å². The minimum atomic E-state index is -0.552. The Kier molecular flexibility index (Phi) is 15.1. The van der Waals surface area contributed by atoms with E-state index in [-0.39, 0.29) is 11.9 Å². The van der Waals surface area contributed by atoms with Crippen LogP contribution >= 0.6 is 0 Å². The van der Waals surface area contributed by atoms with E-state index in [1.165, 1.54) is 6.08 Å². The van der Waals surface area contributed by atoms with Crippen molar-refractivity contribution in [1.82, 2.24) is 0 Å². The average Bonchev–Trinajstić information content (AvgIpc) is 2.47. The highest BCUT2D eigenvalue weighted by molar-refractivity contribution is 6.36. The molecular formula is C14H28O6Si. The average molecular weight is 320 g/mol. The molecule has 0 aliphatic rings. The van der Waals surface area contributed by atoms with Gasteiger partial charge >= 0.3 is 5.97 Å². The van der Waals surface area contributed by atoms with Crippen LogP contribution in [0.4, 0.5) is 0 Å². The van der Waals surface area contributed by atoms with Gasteiger partial charge in [0, 0.05) is 20.3 Å². The number of hydrogen-bond donors (Lipinski definition) is 0. The summed E-state index contributed by atoms with van der Waals surface area (Å²) in [5.41, 5.74) is 0. The molecule has 0 saturated carbocycles. The first-order chi connectivity index (χ1) is 10.2. The second-order valence-electron chi connectivity index (χ2n) is 4.32. The highest BCUT2D eigenvalue weighted by Gasteiger charge is 2.10. The maximum Gasteiger partial charge on any atom is 0.330 e. The van der Waals surface area contributed by atoms with E-state index in [4.69, 9.17) is 23.7 Å². The molecule has 0 amide bonds. The molecule has 0 spiro atoms. The third kappa shape index (κ3) is 14.0. The summed E-state index contributed by atoms with van der Waals surface area (Å²) in [7, 11) is 2.73. The van der Waals surface area contributed by atoms with Crippen molar-refractivity contribution in [1.29, 1.82) is 0 Å². The van der Waals surface area contributed by atoms with Crippen molar-refractivity contribution in [3.8, 4) is 0 Å². The molecule has 0 aliphatic carbocycles. The van der Waals surface area contributed by atoms with Gasteiger partial charge in [-0.05, 0) is 13.3 Å². The van der Waals surface area contributed by atoms with Gasteiger partial charge in [0.15, 0.2) is 0 Å². The lowest BCUT2D eigenvalue weighted by atomic mass is 10.5. The molecule has 0 bridgehead atoms. The van der Waals surface area contributed by atoms with Crippen molar-refractivity contribution in [2.75, 3.05) is 47.3 Å². The van der Waals surface area contributed by atoms with Crippen LogP contribution in [-0.4, -0.2) is 68.7 Å². The molecule has 124 valence electrons. The predicted octanol–water partition coefficient (Wildman–Crippen LogP) is 0.692. The molecule has 0 aromatic rings. The van der Waals surface area contributed by atoms with Gasteiger partial charge in [0.25, 0.3) is 0 Å². The van der Waals surface area contributed by atoms with E-state index in [0.717, 1.165) is 12.5 Å². The molecule has 0 rings (SSSR count). The minimum absolute atomic E-state index is 0.137. The second-order valence-corrected chi connectivity index (χ2v) is 6.27. The van der Waals surface area contributed by atoms with E-state index >= 15 is 0 Å². The van der Waals surface area contributed by atoms with Crippen LogP contribution in [0.5, 0.6) is 0 Å². The standard InChI is InChI=1S/C14H28O6Si/c1-4-6-13(15)18-7-5-12-21-14(19-10-8-16-2)20-11-9-17-3/h4,6,14H,5,7-12,21H2,1-3H3. The molecular weight excluding hydrogens is 292 g/mol. The largest absolute Gasteiger partial charge is 0.463 e. The summed E-state index contributed by atoms with van der Waals surface area (Å²) in [6.45, 7) is 4.39. The predicted molar refractivity (Wildman–Crippen MR) is 83.2 cm³/mol. The fourth-order valence-corrected chi connectivity index (χ4v) is 3.00. The zero-order valence-electron chi connectivity index (χ0n) is 13.3. The summed E-state index contributed by atoms with van der Waals surface area (Å²) in [5, 5.41) is 0. The zero-order valence-corrected chi connectivity index (χ0v) is 14.8. The maximum absolute atomic E-state index is 11.1. The van der Waals surface area contributed by atoms with E-state index in [1.807, 2.05) is 0 Å². The fraction of sp³-hybridized carbons (Fsp3) is 0.786. The molecule has 0 saturated heterocycles. The van der Waals surface area contributed by atoms with E-state index in [1.54, 1.807) is 27.2 Å². The van der Waals surface area contributed by atoms with Crippen molar-refractivity contribution >= 4 is 15.5 Å². The first kappa shape index (κ1) is 20.3. The third-order valence-corrected chi connectivity index (χ3v) is 4.41. The van der Waals surface area contributed by atoms with Gasteiger partial charge in [-0.1, -0.05) is 12.1 Å². The van der Waals surface area contributed by atoms with Crippen LogP contribution in [0.15, 0.2) is 12.2 Å². The van der Waals surface area contributed by atoms with Crippen molar-refractivity contribution < 1.29 is 28.5 Å². The van der Waals surface area contributed by atoms with Gasteiger partial charge in [0.05, 0.1) is 42.6 Å². The molecule has 0 unspecified atom stereocenters. The molecule has 0 heterocycles. The van der Waals surface area contributed by atoms with Gasteiger partial charge < -0.3 is 23.7 Å². The van der Waals surface area contributed by atoms with Crippen LogP contribution in [0.3, 0.4) is 0 Å². The quantitative estimate of drug-likeness (QED) is 0.154. The van der Waals surface area contributed by atoms with Gasteiger partial charge in [-0.25, -0.2) is 4.79 Å². The Morgan fingerprint density at radius 1 is 1.05 bits per heavy atom. The third-order valence-electron chi connectivity index (χ3n) is 2.56. The van der Waals surface area contributed by atoms with Gasteiger partial charge in [0.1, 0.15) is 5.91 Å². The first-order valence-electron chi connectivity index (χ1n) is 7.25. The lowest BCUT2D eigenvalue weighted by Gasteiger charge is -2.18. The Balaban J connectivity index is 3.74. The Morgan fingerprint density at radius 3 is 2.19 bits per heavy atom. The fourth-order valence-electron chi connectivity index (χ4n) is 1.51. The topological polar surface area (TPSA) is 63.2 Å². The number of esters is 1. The number of rotatable bonds is 14. The molecule has 0 aromatic carbocycles. The normalized spacial score (nSPS) is 12.0. The van der Waals surface area contributed by atoms with Crippen molar-refractivity contribution in [3.63, 3.8) is 0 Å². The minimum Gasteiger partial charge on any atom is -0.463 e. The first-order valence-corrected chi connectivity index (χ1v) is 9.06. The van der Waals surface area contributed by atoms with E-state index < -0.39 is 9.52 Å². The van der Waals surface area contributed by atoms with Gasteiger partial charge in [-0.3, -0.25) is 0 Å². The zero-order chi connectivity index (χ0) is 15.8. The van der Waals surface area contributed by atoms with Gasteiger partial charge in [-0.2, -0.15) is 0 Å². The van der Waals surface area contributed by atoms with Crippen LogP contribution in [0.1, 0.15) is 13.3 Å². The number of methoxy groups -OCH3 is 2. The van der Waals surface area contributed by atoms with Crippen molar-refractivity contribution in [2.45, 2.75) is 25.3 Å². The molecule has 21 heavy (non-hydrogen) atoms. The molecule has 0 radical (unpaired) electrons. The number of carbonyl (C=O) groups excluding carboxylic acids is 1. The van der Waals surface area contributed by atoms with E-state index in [9.17, 15) is 4.79 Å². The monoisotopic (exact) mass is 320 g/mol. The van der Waals surface area contributed by atoms with Crippen LogP contribution in [0, 0.1) is 0 Å². The van der Waals surface area contributed by atoms with Crippen LogP contribution in [-0.2, 0) is 28.5 Å². The lowest BCUT2D eigenvalue weighted by Crippen LogP contribution is -2.27. The smallest absolute Gasteiger partial charge is 0.330 e. The summed E-state index contributed by atoms with van der Waals surface area (Å²) in [4.78, 5) is 11.1. The highest BCUT2D eigenvalue weighted by atomic mass is 28.2. The number of carbonyl (C=O) groups is 1. The molecule has 0 aromatic heterocycles. The molecule has 0 N–H and O–H groups in total. The number of hydrogen-bond acceptors (Lipinski definition) is 6. The Hall–Kier alpha value is -0.733. The number of ether oxygens (including phenoxy) is 5. The van der Waals surface area contributed by atoms with E-state index in [2.05, 4.69) is 0 Å². The lowest BCUT2D eigenvalue weighted by molar-refractivity contribution is -0.137. The maximum atomic E-state index is 11.1. The number of allylic oxidation sites excluding steroid dienone is 1. The summed E-state index contributed by atoms with van der Waals surface area (Å²) < 4.78 is 26.2. The van der Waals surface area contributed by atoms with Gasteiger partial charge in [0.2, 0.25) is 0 Å². The van der Waals surface area contributed by atoms with Crippen LogP contribution in [0.2, 0.25) is 6.04 Å². The molecule has 7 heteroatoms. The Morgan fingerprint density at radius 2 is 1.67 bits per heavy atom. The van der Waals surface area contributed by atoms with Crippen molar-refractivity contribution in [2.24, 2.45) is 0 Å². The summed E-state index contributed by atoms with van der Waals surface area (Å²) in [6.07, 6.45) is 3.93. The van der Waals surface area contributed by atoms with Crippen molar-refractivity contribution in [3.05, 3.63) is 12.2 Å². The Labute approximate surface area is 129 Å². The Bertz CT molecular complexity index is 262. The summed E-state index contributed by atoms with van der Waals surface area (Å²) >= 11 is 0.